The molecule has 16 heavy (non-hydrogen) atoms. The van der Waals surface area contributed by atoms with Crippen molar-refractivity contribution in [2.75, 3.05) is 33.4 Å². The second-order valence-electron chi connectivity index (χ2n) is 5.08. The molecule has 0 aromatic carbocycles. The van der Waals surface area contributed by atoms with Crippen LogP contribution in [0.3, 0.4) is 0 Å². The lowest BCUT2D eigenvalue weighted by atomic mass is 9.86. The summed E-state index contributed by atoms with van der Waals surface area (Å²) < 4.78 is 5.19. The highest BCUT2D eigenvalue weighted by molar-refractivity contribution is 4.78. The SMILES string of the molecule is COCCN(CCCN)C1CCC(C)CC1. The van der Waals surface area contributed by atoms with Crippen molar-refractivity contribution < 1.29 is 4.74 Å². The first kappa shape index (κ1) is 13.9. The van der Waals surface area contributed by atoms with Crippen molar-refractivity contribution in [2.45, 2.75) is 45.1 Å². The second-order valence-corrected chi connectivity index (χ2v) is 5.08. The molecule has 2 N–H and O–H groups in total. The lowest BCUT2D eigenvalue weighted by Crippen LogP contribution is -2.41. The normalized spacial score (nSPS) is 26.2. The first-order chi connectivity index (χ1) is 7.77. The Balaban J connectivity index is 2.34. The van der Waals surface area contributed by atoms with E-state index in [1.54, 1.807) is 7.11 Å². The van der Waals surface area contributed by atoms with Crippen LogP contribution in [0.25, 0.3) is 0 Å². The van der Waals surface area contributed by atoms with Crippen LogP contribution in [0.4, 0.5) is 0 Å². The number of ether oxygens (including phenoxy) is 1. The predicted octanol–water partition coefficient (Wildman–Crippen LogP) is 1.86. The molecule has 0 atom stereocenters. The molecule has 1 rings (SSSR count). The van der Waals surface area contributed by atoms with Gasteiger partial charge in [-0.3, -0.25) is 4.90 Å². The van der Waals surface area contributed by atoms with Crippen LogP contribution in [-0.2, 0) is 4.74 Å². The average molecular weight is 228 g/mol. The van der Waals surface area contributed by atoms with E-state index in [4.69, 9.17) is 10.5 Å². The van der Waals surface area contributed by atoms with E-state index in [0.29, 0.717) is 0 Å². The molecule has 1 aliphatic rings. The van der Waals surface area contributed by atoms with E-state index in [9.17, 15) is 0 Å². The fourth-order valence-corrected chi connectivity index (χ4v) is 2.59. The minimum absolute atomic E-state index is 0.776. The van der Waals surface area contributed by atoms with E-state index < -0.39 is 0 Å². The molecular weight excluding hydrogens is 200 g/mol. The van der Waals surface area contributed by atoms with Gasteiger partial charge in [0.2, 0.25) is 0 Å². The molecule has 1 saturated carbocycles. The van der Waals surface area contributed by atoms with Gasteiger partial charge in [-0.25, -0.2) is 0 Å². The Kier molecular flexibility index (Phi) is 7.01. The van der Waals surface area contributed by atoms with Gasteiger partial charge in [-0.15, -0.1) is 0 Å². The first-order valence-electron chi connectivity index (χ1n) is 6.71. The molecule has 3 heteroatoms. The molecule has 1 fully saturated rings. The molecular formula is C13H28N2O. The van der Waals surface area contributed by atoms with Gasteiger partial charge in [0.25, 0.3) is 0 Å². The number of nitrogens with zero attached hydrogens (tertiary/aromatic N) is 1. The van der Waals surface area contributed by atoms with Gasteiger partial charge in [0.05, 0.1) is 6.61 Å². The third-order valence-electron chi connectivity index (χ3n) is 3.73. The molecule has 0 spiro atoms. The summed E-state index contributed by atoms with van der Waals surface area (Å²) in [5.74, 6) is 0.926. The highest BCUT2D eigenvalue weighted by atomic mass is 16.5. The summed E-state index contributed by atoms with van der Waals surface area (Å²) in [4.78, 5) is 2.59. The van der Waals surface area contributed by atoms with Gasteiger partial charge in [-0.2, -0.15) is 0 Å². The third kappa shape index (κ3) is 4.81. The lowest BCUT2D eigenvalue weighted by molar-refractivity contribution is 0.0941. The number of hydrogen-bond acceptors (Lipinski definition) is 3. The van der Waals surface area contributed by atoms with Crippen molar-refractivity contribution in [1.29, 1.82) is 0 Å². The standard InChI is InChI=1S/C13H28N2O/c1-12-4-6-13(7-5-12)15(9-3-8-14)10-11-16-2/h12-13H,3-11,14H2,1-2H3. The van der Waals surface area contributed by atoms with E-state index in [0.717, 1.165) is 44.6 Å². The summed E-state index contributed by atoms with van der Waals surface area (Å²) in [5, 5.41) is 0. The lowest BCUT2D eigenvalue weighted by Gasteiger charge is -2.36. The summed E-state index contributed by atoms with van der Waals surface area (Å²) in [5.41, 5.74) is 5.60. The Hall–Kier alpha value is -0.120. The van der Waals surface area contributed by atoms with Crippen LogP contribution in [0.2, 0.25) is 0 Å². The number of nitrogens with two attached hydrogens (primary N) is 1. The zero-order valence-corrected chi connectivity index (χ0v) is 11.0. The zero-order valence-electron chi connectivity index (χ0n) is 11.0. The zero-order chi connectivity index (χ0) is 11.8. The van der Waals surface area contributed by atoms with E-state index in [-0.39, 0.29) is 0 Å². The maximum absolute atomic E-state index is 5.60. The molecule has 3 nitrogen and oxygen atoms in total. The van der Waals surface area contributed by atoms with Gasteiger partial charge in [-0.1, -0.05) is 6.92 Å². The molecule has 0 radical (unpaired) electrons. The first-order valence-corrected chi connectivity index (χ1v) is 6.71. The van der Waals surface area contributed by atoms with Crippen molar-refractivity contribution in [2.24, 2.45) is 11.7 Å². The molecule has 0 aromatic heterocycles. The molecule has 0 saturated heterocycles. The van der Waals surface area contributed by atoms with E-state index in [2.05, 4.69) is 11.8 Å². The monoisotopic (exact) mass is 228 g/mol. The Bertz CT molecular complexity index is 159. The molecule has 0 aromatic rings. The molecule has 96 valence electrons. The van der Waals surface area contributed by atoms with Crippen molar-refractivity contribution in [1.82, 2.24) is 4.90 Å². The largest absolute Gasteiger partial charge is 0.383 e. The average Bonchev–Trinajstić information content (AvgIpc) is 2.31. The Morgan fingerprint density at radius 2 is 1.88 bits per heavy atom. The third-order valence-corrected chi connectivity index (χ3v) is 3.73. The van der Waals surface area contributed by atoms with Gasteiger partial charge in [0.15, 0.2) is 0 Å². The Morgan fingerprint density at radius 1 is 1.19 bits per heavy atom. The maximum Gasteiger partial charge on any atom is 0.0589 e. The van der Waals surface area contributed by atoms with Crippen LogP contribution < -0.4 is 5.73 Å². The number of rotatable bonds is 7. The van der Waals surface area contributed by atoms with Gasteiger partial charge in [0.1, 0.15) is 0 Å². The fraction of sp³-hybridized carbons (Fsp3) is 1.00. The van der Waals surface area contributed by atoms with E-state index in [1.165, 1.54) is 25.7 Å². The van der Waals surface area contributed by atoms with Gasteiger partial charge in [-0.05, 0) is 51.1 Å². The van der Waals surface area contributed by atoms with Gasteiger partial charge >= 0.3 is 0 Å². The van der Waals surface area contributed by atoms with Crippen molar-refractivity contribution >= 4 is 0 Å². The van der Waals surface area contributed by atoms with Crippen molar-refractivity contribution in [3.8, 4) is 0 Å². The molecule has 0 unspecified atom stereocenters. The highest BCUT2D eigenvalue weighted by Gasteiger charge is 2.23. The minimum Gasteiger partial charge on any atom is -0.383 e. The minimum atomic E-state index is 0.776. The summed E-state index contributed by atoms with van der Waals surface area (Å²) in [7, 11) is 1.78. The Morgan fingerprint density at radius 3 is 2.44 bits per heavy atom. The number of hydrogen-bond donors (Lipinski definition) is 1. The van der Waals surface area contributed by atoms with Crippen LogP contribution >= 0.6 is 0 Å². The van der Waals surface area contributed by atoms with Gasteiger partial charge < -0.3 is 10.5 Å². The molecule has 0 aliphatic heterocycles. The van der Waals surface area contributed by atoms with Crippen molar-refractivity contribution in [3.05, 3.63) is 0 Å². The smallest absolute Gasteiger partial charge is 0.0589 e. The maximum atomic E-state index is 5.60. The van der Waals surface area contributed by atoms with Crippen LogP contribution in [0.5, 0.6) is 0 Å². The van der Waals surface area contributed by atoms with Crippen LogP contribution in [-0.4, -0.2) is 44.3 Å². The topological polar surface area (TPSA) is 38.5 Å². The molecule has 0 bridgehead atoms. The molecule has 0 amide bonds. The van der Waals surface area contributed by atoms with Crippen LogP contribution in [0, 0.1) is 5.92 Å². The van der Waals surface area contributed by atoms with Crippen LogP contribution in [0.15, 0.2) is 0 Å². The summed E-state index contributed by atoms with van der Waals surface area (Å²) in [6.07, 6.45) is 6.59. The van der Waals surface area contributed by atoms with E-state index in [1.807, 2.05) is 0 Å². The number of methoxy groups -OCH3 is 1. The summed E-state index contributed by atoms with van der Waals surface area (Å²) in [6.45, 7) is 6.22. The summed E-state index contributed by atoms with van der Waals surface area (Å²) in [6, 6.07) is 0.776. The molecule has 0 heterocycles. The van der Waals surface area contributed by atoms with Crippen LogP contribution in [0.1, 0.15) is 39.0 Å². The fourth-order valence-electron chi connectivity index (χ4n) is 2.59. The predicted molar refractivity (Wildman–Crippen MR) is 68.5 cm³/mol. The van der Waals surface area contributed by atoms with Crippen molar-refractivity contribution in [3.63, 3.8) is 0 Å². The highest BCUT2D eigenvalue weighted by Crippen LogP contribution is 2.27. The summed E-state index contributed by atoms with van der Waals surface area (Å²) >= 11 is 0. The van der Waals surface area contributed by atoms with E-state index >= 15 is 0 Å². The Labute approximate surface area is 100 Å². The van der Waals surface area contributed by atoms with Gasteiger partial charge in [0, 0.05) is 19.7 Å². The quantitative estimate of drug-likeness (QED) is 0.723. The molecule has 1 aliphatic carbocycles. The second kappa shape index (κ2) is 8.04.